The van der Waals surface area contributed by atoms with Crippen LogP contribution >= 0.6 is 11.8 Å². The molecule has 32 heavy (non-hydrogen) atoms. The minimum absolute atomic E-state index is 0.191. The molecule has 2 atom stereocenters. The standard InChI is InChI=1S/C26H27N5S/c1-19-13-15-23(16-14-19)32-20(2)17-18-27-30-26-28-24(21-9-5-3-6-10-21)25(29-31-26)22-11-7-4-8-12-22/h3-18,20,24,27H,1-2H3,(H2,28,30,31)/b18-17+. The molecule has 0 spiro atoms. The van der Waals surface area contributed by atoms with Crippen molar-refractivity contribution in [3.8, 4) is 0 Å². The Bertz CT molecular complexity index is 1090. The highest BCUT2D eigenvalue weighted by Crippen LogP contribution is 2.25. The van der Waals surface area contributed by atoms with Crippen molar-refractivity contribution < 1.29 is 0 Å². The normalized spacial score (nSPS) is 16.6. The smallest absolute Gasteiger partial charge is 0.232 e. The van der Waals surface area contributed by atoms with Gasteiger partial charge in [-0.15, -0.1) is 11.8 Å². The second kappa shape index (κ2) is 10.7. The lowest BCUT2D eigenvalue weighted by Gasteiger charge is -2.23. The summed E-state index contributed by atoms with van der Waals surface area (Å²) in [5.74, 6) is 0.571. The van der Waals surface area contributed by atoms with Crippen LogP contribution in [0.2, 0.25) is 0 Å². The van der Waals surface area contributed by atoms with E-state index in [9.17, 15) is 0 Å². The SMILES string of the molecule is Cc1ccc(SC(C)/C=C/NNC2=NC(c3ccccc3)C(c3ccccc3)=NN2)cc1. The number of rotatable bonds is 7. The second-order valence-electron chi connectivity index (χ2n) is 7.53. The first-order chi connectivity index (χ1) is 15.7. The van der Waals surface area contributed by atoms with E-state index < -0.39 is 0 Å². The number of nitrogens with zero attached hydrogens (tertiary/aromatic N) is 2. The highest BCUT2D eigenvalue weighted by Gasteiger charge is 2.23. The predicted molar refractivity (Wildman–Crippen MR) is 135 cm³/mol. The predicted octanol–water partition coefficient (Wildman–Crippen LogP) is 5.19. The van der Waals surface area contributed by atoms with E-state index in [4.69, 9.17) is 4.99 Å². The fraction of sp³-hybridized carbons (Fsp3) is 0.154. The van der Waals surface area contributed by atoms with Gasteiger partial charge in [0.25, 0.3) is 0 Å². The Morgan fingerprint density at radius 3 is 2.34 bits per heavy atom. The summed E-state index contributed by atoms with van der Waals surface area (Å²) in [7, 11) is 0. The Hall–Kier alpha value is -3.51. The zero-order valence-electron chi connectivity index (χ0n) is 18.2. The Labute approximate surface area is 193 Å². The van der Waals surface area contributed by atoms with E-state index in [0.29, 0.717) is 11.2 Å². The number of thioether (sulfide) groups is 1. The molecule has 162 valence electrons. The molecule has 0 radical (unpaired) electrons. The molecule has 0 fully saturated rings. The molecule has 2 unspecified atom stereocenters. The molecule has 3 N–H and O–H groups in total. The molecule has 0 aromatic heterocycles. The van der Waals surface area contributed by atoms with Crippen molar-refractivity contribution in [1.82, 2.24) is 16.3 Å². The number of hydrogen-bond donors (Lipinski definition) is 3. The van der Waals surface area contributed by atoms with Gasteiger partial charge in [0.1, 0.15) is 6.04 Å². The quantitative estimate of drug-likeness (QED) is 0.349. The van der Waals surface area contributed by atoms with Crippen molar-refractivity contribution in [1.29, 1.82) is 0 Å². The van der Waals surface area contributed by atoms with Gasteiger partial charge in [0.05, 0.1) is 5.71 Å². The number of aliphatic imine (C=N–C) groups is 1. The third kappa shape index (κ3) is 5.80. The molecule has 6 heteroatoms. The van der Waals surface area contributed by atoms with Gasteiger partial charge in [-0.1, -0.05) is 84.4 Å². The van der Waals surface area contributed by atoms with Crippen LogP contribution in [0.5, 0.6) is 0 Å². The van der Waals surface area contributed by atoms with Gasteiger partial charge in [0.2, 0.25) is 5.96 Å². The first-order valence-corrected chi connectivity index (χ1v) is 11.5. The van der Waals surface area contributed by atoms with E-state index >= 15 is 0 Å². The molecular weight excluding hydrogens is 414 g/mol. The zero-order chi connectivity index (χ0) is 22.2. The average Bonchev–Trinajstić information content (AvgIpc) is 2.84. The van der Waals surface area contributed by atoms with Gasteiger partial charge in [0, 0.05) is 21.9 Å². The maximum absolute atomic E-state index is 4.86. The van der Waals surface area contributed by atoms with E-state index in [1.807, 2.05) is 54.4 Å². The summed E-state index contributed by atoms with van der Waals surface area (Å²) in [6, 6.07) is 28.7. The van der Waals surface area contributed by atoms with Crippen molar-refractivity contribution in [2.24, 2.45) is 10.1 Å². The Morgan fingerprint density at radius 1 is 0.938 bits per heavy atom. The molecule has 3 aromatic carbocycles. The molecule has 0 saturated carbocycles. The van der Waals surface area contributed by atoms with E-state index in [1.54, 1.807) is 0 Å². The summed E-state index contributed by atoms with van der Waals surface area (Å²) in [6.45, 7) is 4.27. The van der Waals surface area contributed by atoms with Crippen LogP contribution in [0.3, 0.4) is 0 Å². The summed E-state index contributed by atoms with van der Waals surface area (Å²) in [5, 5.41) is 4.95. The van der Waals surface area contributed by atoms with Gasteiger partial charge < -0.3 is 5.43 Å². The number of aryl methyl sites for hydroxylation is 1. The molecule has 4 rings (SSSR count). The highest BCUT2D eigenvalue weighted by atomic mass is 32.2. The molecule has 1 aliphatic rings. The van der Waals surface area contributed by atoms with Crippen LogP contribution in [-0.2, 0) is 0 Å². The van der Waals surface area contributed by atoms with Gasteiger partial charge in [-0.2, -0.15) is 5.10 Å². The topological polar surface area (TPSA) is 60.8 Å². The summed E-state index contributed by atoms with van der Waals surface area (Å²) in [5.41, 5.74) is 13.5. The van der Waals surface area contributed by atoms with Crippen LogP contribution < -0.4 is 16.3 Å². The van der Waals surface area contributed by atoms with Gasteiger partial charge in [-0.05, 0) is 31.5 Å². The number of hydrazine groups is 1. The molecule has 3 aromatic rings. The van der Waals surface area contributed by atoms with E-state index in [2.05, 4.69) is 89.8 Å². The van der Waals surface area contributed by atoms with E-state index in [-0.39, 0.29) is 6.04 Å². The van der Waals surface area contributed by atoms with Crippen molar-refractivity contribution >= 4 is 23.4 Å². The Morgan fingerprint density at radius 2 is 1.62 bits per heavy atom. The van der Waals surface area contributed by atoms with Gasteiger partial charge >= 0.3 is 0 Å². The lowest BCUT2D eigenvalue weighted by Crippen LogP contribution is -2.44. The van der Waals surface area contributed by atoms with Crippen LogP contribution in [0.15, 0.2) is 112 Å². The highest BCUT2D eigenvalue weighted by molar-refractivity contribution is 8.00. The van der Waals surface area contributed by atoms with Crippen LogP contribution in [0, 0.1) is 6.92 Å². The minimum atomic E-state index is -0.191. The first kappa shape index (κ1) is 21.7. The molecule has 1 aliphatic heterocycles. The van der Waals surface area contributed by atoms with Crippen molar-refractivity contribution in [2.45, 2.75) is 30.0 Å². The Kier molecular flexibility index (Phi) is 7.25. The van der Waals surface area contributed by atoms with Crippen molar-refractivity contribution in [3.05, 3.63) is 114 Å². The number of benzene rings is 3. The number of nitrogens with one attached hydrogen (secondary N) is 3. The largest absolute Gasteiger partial charge is 0.306 e. The monoisotopic (exact) mass is 441 g/mol. The van der Waals surface area contributed by atoms with Crippen LogP contribution in [0.4, 0.5) is 0 Å². The maximum atomic E-state index is 4.86. The average molecular weight is 442 g/mol. The summed E-state index contributed by atoms with van der Waals surface area (Å²) in [6.07, 6.45) is 4.00. The van der Waals surface area contributed by atoms with Gasteiger partial charge in [-0.25, -0.2) is 10.4 Å². The number of hydrogen-bond acceptors (Lipinski definition) is 6. The summed E-state index contributed by atoms with van der Waals surface area (Å²) >= 11 is 1.81. The van der Waals surface area contributed by atoms with Crippen LogP contribution in [-0.4, -0.2) is 16.9 Å². The molecular formula is C26H27N5S. The lowest BCUT2D eigenvalue weighted by atomic mass is 9.97. The molecule has 0 amide bonds. The van der Waals surface area contributed by atoms with Crippen LogP contribution in [0.1, 0.15) is 29.7 Å². The molecule has 0 bridgehead atoms. The summed E-state index contributed by atoms with van der Waals surface area (Å²) in [4.78, 5) is 6.12. The molecule has 0 saturated heterocycles. The molecule has 5 nitrogen and oxygen atoms in total. The first-order valence-electron chi connectivity index (χ1n) is 10.6. The second-order valence-corrected chi connectivity index (χ2v) is 8.98. The maximum Gasteiger partial charge on any atom is 0.232 e. The third-order valence-electron chi connectivity index (χ3n) is 4.97. The number of guanidine groups is 1. The van der Waals surface area contributed by atoms with Crippen molar-refractivity contribution in [2.75, 3.05) is 0 Å². The van der Waals surface area contributed by atoms with Crippen molar-refractivity contribution in [3.63, 3.8) is 0 Å². The summed E-state index contributed by atoms with van der Waals surface area (Å²) < 4.78 is 0. The lowest BCUT2D eigenvalue weighted by molar-refractivity contribution is 0.735. The van der Waals surface area contributed by atoms with Gasteiger partial charge in [-0.3, -0.25) is 5.43 Å². The fourth-order valence-electron chi connectivity index (χ4n) is 3.32. The minimum Gasteiger partial charge on any atom is -0.306 e. The molecule has 0 aliphatic carbocycles. The Balaban J connectivity index is 1.39. The fourth-order valence-corrected chi connectivity index (χ4v) is 4.20. The van der Waals surface area contributed by atoms with Crippen LogP contribution in [0.25, 0.3) is 0 Å². The van der Waals surface area contributed by atoms with E-state index in [0.717, 1.165) is 16.8 Å². The number of hydrazone groups is 1. The van der Waals surface area contributed by atoms with Gasteiger partial charge in [0.15, 0.2) is 0 Å². The molecule has 1 heterocycles. The zero-order valence-corrected chi connectivity index (χ0v) is 19.0. The third-order valence-corrected chi connectivity index (χ3v) is 6.04. The van der Waals surface area contributed by atoms with E-state index in [1.165, 1.54) is 10.5 Å².